The van der Waals surface area contributed by atoms with Crippen LogP contribution in [0.4, 0.5) is 0 Å². The van der Waals surface area contributed by atoms with Gasteiger partial charge in [-0.2, -0.15) is 23.5 Å². The molecule has 0 amide bonds. The van der Waals surface area contributed by atoms with E-state index in [0.29, 0.717) is 65.7 Å². The topological polar surface area (TPSA) is 108 Å². The summed E-state index contributed by atoms with van der Waals surface area (Å²) in [5.74, 6) is 3.01. The van der Waals surface area contributed by atoms with Gasteiger partial charge in [0.05, 0.1) is 25.9 Å². The molecule has 0 bridgehead atoms. The lowest BCUT2D eigenvalue weighted by Crippen LogP contribution is -2.50. The summed E-state index contributed by atoms with van der Waals surface area (Å²) in [5.41, 5.74) is 0. The monoisotopic (exact) mass is 744 g/mol. The van der Waals surface area contributed by atoms with Gasteiger partial charge in [0.1, 0.15) is 26.3 Å². The standard InChI is InChI=1S/C32H66NO10S2Si2/c1-7-38-46(39-8-2,40-9-3)29-15-25-44-27-17-31(34)36-23-21-33(19-13-14-20-33)22-24-37-32(35)18-28-45-26-16-30-47(41-10-4,42-11-5)43-12-6/h7-30H2,1-6H3/q+1. The fraction of sp³-hybridized carbons (Fsp3) is 0.938. The highest BCUT2D eigenvalue weighted by molar-refractivity contribution is 7.99. The highest BCUT2D eigenvalue weighted by Gasteiger charge is 2.40. The van der Waals surface area contributed by atoms with Crippen LogP contribution in [-0.4, -0.2) is 136 Å². The predicted molar refractivity (Wildman–Crippen MR) is 195 cm³/mol. The normalized spacial score (nSPS) is 14.9. The molecule has 0 atom stereocenters. The van der Waals surface area contributed by atoms with E-state index in [0.717, 1.165) is 91.4 Å². The molecule has 278 valence electrons. The Hall–Kier alpha value is -0.206. The maximum absolute atomic E-state index is 12.4. The van der Waals surface area contributed by atoms with Crippen LogP contribution in [0.5, 0.6) is 0 Å². The molecule has 1 rings (SSSR count). The van der Waals surface area contributed by atoms with Gasteiger partial charge in [0.2, 0.25) is 0 Å². The minimum atomic E-state index is -2.60. The molecule has 1 aliphatic heterocycles. The van der Waals surface area contributed by atoms with Crippen molar-refractivity contribution in [3.8, 4) is 0 Å². The molecule has 0 saturated carbocycles. The second-order valence-corrected chi connectivity index (χ2v) is 19.2. The van der Waals surface area contributed by atoms with Crippen LogP contribution in [-0.2, 0) is 45.6 Å². The van der Waals surface area contributed by atoms with Crippen LogP contribution in [0.2, 0.25) is 12.1 Å². The number of carbonyl (C=O) groups is 2. The summed E-state index contributed by atoms with van der Waals surface area (Å²) in [7, 11) is -5.20. The van der Waals surface area contributed by atoms with E-state index in [4.69, 9.17) is 36.0 Å². The third-order valence-corrected chi connectivity index (χ3v) is 16.2. The second kappa shape index (κ2) is 27.5. The van der Waals surface area contributed by atoms with Crippen LogP contribution in [0, 0.1) is 0 Å². The summed E-state index contributed by atoms with van der Waals surface area (Å²) in [6, 6.07) is 1.58. The summed E-state index contributed by atoms with van der Waals surface area (Å²) in [6.45, 7) is 19.7. The lowest BCUT2D eigenvalue weighted by atomic mass is 10.4. The molecule has 0 aromatic heterocycles. The van der Waals surface area contributed by atoms with Crippen molar-refractivity contribution < 1.29 is 50.1 Å². The molecule has 1 aliphatic rings. The van der Waals surface area contributed by atoms with Crippen molar-refractivity contribution in [2.45, 2.75) is 92.2 Å². The van der Waals surface area contributed by atoms with E-state index < -0.39 is 17.6 Å². The van der Waals surface area contributed by atoms with E-state index >= 15 is 0 Å². The molecule has 47 heavy (non-hydrogen) atoms. The number of nitrogens with zero attached hydrogens (tertiary/aromatic N) is 1. The van der Waals surface area contributed by atoms with Crippen molar-refractivity contribution in [2.24, 2.45) is 0 Å². The van der Waals surface area contributed by atoms with Gasteiger partial charge < -0.3 is 40.5 Å². The minimum absolute atomic E-state index is 0.151. The number of rotatable bonds is 32. The van der Waals surface area contributed by atoms with Crippen molar-refractivity contribution in [2.75, 3.05) is 102 Å². The van der Waals surface area contributed by atoms with Crippen molar-refractivity contribution in [3.05, 3.63) is 0 Å². The first kappa shape index (κ1) is 44.8. The molecule has 0 spiro atoms. The van der Waals surface area contributed by atoms with Gasteiger partial charge in [0.25, 0.3) is 0 Å². The zero-order valence-electron chi connectivity index (χ0n) is 30.3. The van der Waals surface area contributed by atoms with Crippen LogP contribution in [0.15, 0.2) is 0 Å². The highest BCUT2D eigenvalue weighted by Crippen LogP contribution is 2.22. The number of ether oxygens (including phenoxy) is 2. The summed E-state index contributed by atoms with van der Waals surface area (Å²) in [4.78, 5) is 24.8. The number of hydrogen-bond acceptors (Lipinski definition) is 12. The summed E-state index contributed by atoms with van der Waals surface area (Å²) >= 11 is 3.50. The molecule has 0 aromatic rings. The van der Waals surface area contributed by atoms with Crippen LogP contribution in [0.3, 0.4) is 0 Å². The zero-order valence-corrected chi connectivity index (χ0v) is 33.9. The number of carbonyl (C=O) groups excluding carboxylic acids is 2. The van der Waals surface area contributed by atoms with Gasteiger partial charge in [-0.15, -0.1) is 0 Å². The van der Waals surface area contributed by atoms with Crippen LogP contribution < -0.4 is 0 Å². The Balaban J connectivity index is 2.24. The fourth-order valence-electron chi connectivity index (χ4n) is 5.71. The first-order chi connectivity index (χ1) is 22.8. The van der Waals surface area contributed by atoms with E-state index in [-0.39, 0.29) is 11.9 Å². The van der Waals surface area contributed by atoms with Gasteiger partial charge in [-0.05, 0) is 65.9 Å². The molecular formula is C32H66NO10S2Si2+. The third-order valence-electron chi connectivity index (χ3n) is 7.80. The quantitative estimate of drug-likeness (QED) is 0.0359. The van der Waals surface area contributed by atoms with Crippen LogP contribution in [0.1, 0.15) is 80.1 Å². The molecule has 11 nitrogen and oxygen atoms in total. The average molecular weight is 745 g/mol. The minimum Gasteiger partial charge on any atom is -0.460 e. The van der Waals surface area contributed by atoms with Gasteiger partial charge in [-0.1, -0.05) is 0 Å². The van der Waals surface area contributed by atoms with Crippen LogP contribution in [0.25, 0.3) is 0 Å². The highest BCUT2D eigenvalue weighted by atomic mass is 32.2. The van der Waals surface area contributed by atoms with Crippen molar-refractivity contribution in [3.63, 3.8) is 0 Å². The van der Waals surface area contributed by atoms with E-state index in [1.54, 1.807) is 23.5 Å². The molecule has 0 unspecified atom stereocenters. The Kier molecular flexibility index (Phi) is 26.2. The fourth-order valence-corrected chi connectivity index (χ4v) is 13.2. The van der Waals surface area contributed by atoms with E-state index in [9.17, 15) is 9.59 Å². The number of likely N-dealkylation sites (tertiary alicyclic amines) is 1. The van der Waals surface area contributed by atoms with Crippen molar-refractivity contribution in [1.82, 2.24) is 0 Å². The average Bonchev–Trinajstić information content (AvgIpc) is 3.50. The molecule has 0 aromatic carbocycles. The molecule has 1 heterocycles. The SMILES string of the molecule is CCO[Si](CCCSCCC(=O)OCC[N+]1(CCOC(=O)CCSCCC[Si](OCC)(OCC)OCC)CCCC1)(OCC)OCC. The van der Waals surface area contributed by atoms with Gasteiger partial charge >= 0.3 is 29.5 Å². The zero-order chi connectivity index (χ0) is 34.7. The summed E-state index contributed by atoms with van der Waals surface area (Å²) < 4.78 is 47.5. The van der Waals surface area contributed by atoms with E-state index in [1.165, 1.54) is 0 Å². The first-order valence-corrected chi connectivity index (χ1v) is 24.1. The number of thioether (sulfide) groups is 2. The maximum Gasteiger partial charge on any atom is 0.500 e. The van der Waals surface area contributed by atoms with Crippen molar-refractivity contribution >= 4 is 53.1 Å². The first-order valence-electron chi connectivity index (χ1n) is 17.9. The molecule has 0 radical (unpaired) electrons. The molecule has 1 fully saturated rings. The number of quaternary nitrogens is 1. The summed E-state index contributed by atoms with van der Waals surface area (Å²) in [5, 5.41) is 0. The maximum atomic E-state index is 12.4. The van der Waals surface area contributed by atoms with Crippen LogP contribution >= 0.6 is 23.5 Å². The Morgan fingerprint density at radius 3 is 1.21 bits per heavy atom. The lowest BCUT2D eigenvalue weighted by molar-refractivity contribution is -0.917. The molecular weight excluding hydrogens is 679 g/mol. The molecule has 0 aliphatic carbocycles. The molecule has 15 heteroatoms. The lowest BCUT2D eigenvalue weighted by Gasteiger charge is -2.33. The number of esters is 2. The van der Waals surface area contributed by atoms with Crippen molar-refractivity contribution in [1.29, 1.82) is 0 Å². The molecule has 1 saturated heterocycles. The Morgan fingerprint density at radius 2 is 0.894 bits per heavy atom. The van der Waals surface area contributed by atoms with E-state index in [1.807, 2.05) is 41.5 Å². The predicted octanol–water partition coefficient (Wildman–Crippen LogP) is 5.81. The Morgan fingerprint density at radius 1 is 0.553 bits per heavy atom. The largest absolute Gasteiger partial charge is 0.500 e. The van der Waals surface area contributed by atoms with E-state index in [2.05, 4.69) is 0 Å². The van der Waals surface area contributed by atoms with Gasteiger partial charge in [-0.25, -0.2) is 0 Å². The third kappa shape index (κ3) is 19.7. The Bertz CT molecular complexity index is 720. The number of hydrogen-bond donors (Lipinski definition) is 0. The van der Waals surface area contributed by atoms with Gasteiger partial charge in [0.15, 0.2) is 0 Å². The smallest absolute Gasteiger partial charge is 0.460 e. The molecule has 0 N–H and O–H groups in total. The second-order valence-electron chi connectivity index (χ2n) is 11.3. The Labute approximate surface area is 296 Å². The van der Waals surface area contributed by atoms with Gasteiger partial charge in [0, 0.05) is 76.1 Å². The summed E-state index contributed by atoms with van der Waals surface area (Å²) in [6.07, 6.45) is 4.95. The van der Waals surface area contributed by atoms with Gasteiger partial charge in [-0.3, -0.25) is 9.59 Å².